The lowest BCUT2D eigenvalue weighted by molar-refractivity contribution is 0.348. The van der Waals surface area contributed by atoms with Crippen LogP contribution >= 0.6 is 46.4 Å². The lowest BCUT2D eigenvalue weighted by Crippen LogP contribution is -2.10. The number of halogens is 14. The first-order chi connectivity index (χ1) is 62.0. The second-order valence-electron chi connectivity index (χ2n) is 34.5. The van der Waals surface area contributed by atoms with E-state index in [1.54, 1.807) is 125 Å². The van der Waals surface area contributed by atoms with Gasteiger partial charge in [0.05, 0.1) is 20.1 Å². The molecule has 0 heterocycles. The molecule has 0 atom stereocenters. The van der Waals surface area contributed by atoms with Gasteiger partial charge in [0.1, 0.15) is 23.3 Å². The molecule has 0 aromatic heterocycles. The lowest BCUT2D eigenvalue weighted by Gasteiger charge is -2.26. The minimum atomic E-state index is -0.804. The van der Waals surface area contributed by atoms with Crippen LogP contribution in [0.4, 0.5) is 43.9 Å². The zero-order chi connectivity index (χ0) is 93.9. The predicted octanol–water partition coefficient (Wildman–Crippen LogP) is 37.9. The topological polar surface area (TPSA) is 0 Å². The molecule has 2 aliphatic carbocycles. The summed E-state index contributed by atoms with van der Waals surface area (Å²) in [6, 6.07) is 86.1. The number of benzene rings is 15. The van der Waals surface area contributed by atoms with Crippen molar-refractivity contribution >= 4 is 46.4 Å². The number of rotatable bonds is 10. The van der Waals surface area contributed by atoms with E-state index in [9.17, 15) is 43.9 Å². The smallest absolute Gasteiger partial charge is 0.167 e. The van der Waals surface area contributed by atoms with E-state index in [-0.39, 0.29) is 57.3 Å². The Morgan fingerprint density at radius 1 is 0.177 bits per heavy atom. The van der Waals surface area contributed by atoms with Crippen molar-refractivity contribution in [3.63, 3.8) is 0 Å². The maximum Gasteiger partial charge on any atom is 0.167 e. The second kappa shape index (κ2) is 46.0. The minimum Gasteiger partial charge on any atom is -0.205 e. The fraction of sp³-hybridized carbons (Fsp3) is 0.224. The molecule has 0 aliphatic heterocycles. The van der Waals surface area contributed by atoms with Gasteiger partial charge in [0, 0.05) is 47.4 Å². The van der Waals surface area contributed by atoms with E-state index in [1.165, 1.54) is 68.1 Å². The Balaban J connectivity index is 0.000000174. The van der Waals surface area contributed by atoms with Crippen LogP contribution in [0, 0.1) is 153 Å². The Bertz CT molecular complexity index is 5760. The van der Waals surface area contributed by atoms with Gasteiger partial charge < -0.3 is 0 Å². The van der Waals surface area contributed by atoms with Crippen molar-refractivity contribution in [1.82, 2.24) is 0 Å². The highest BCUT2D eigenvalue weighted by Crippen LogP contribution is 2.42. The molecule has 2 saturated carbocycles. The molecule has 17 rings (SSSR count). The Hall–Kier alpha value is -11.2. The van der Waals surface area contributed by atoms with Crippen molar-refractivity contribution in [2.24, 2.45) is 11.8 Å². The van der Waals surface area contributed by atoms with Gasteiger partial charge in [0.25, 0.3) is 0 Å². The molecule has 2 aliphatic rings. The Labute approximate surface area is 784 Å². The van der Waals surface area contributed by atoms with E-state index >= 15 is 0 Å². The zero-order valence-corrected chi connectivity index (χ0v) is 78.8. The average Bonchev–Trinajstić information content (AvgIpc) is 0.787. The summed E-state index contributed by atoms with van der Waals surface area (Å²) in [5.74, 6) is -2.95. The normalized spacial score (nSPS) is 14.4. The number of aryl methyl sites for hydroxylation is 12. The van der Waals surface area contributed by atoms with E-state index in [1.807, 2.05) is 213 Å². The van der Waals surface area contributed by atoms with E-state index in [0.717, 1.165) is 84.2 Å². The third-order valence-electron chi connectivity index (χ3n) is 24.3. The summed E-state index contributed by atoms with van der Waals surface area (Å²) >= 11 is 23.9. The van der Waals surface area contributed by atoms with Crippen molar-refractivity contribution in [3.05, 3.63) is 435 Å². The summed E-state index contributed by atoms with van der Waals surface area (Å²) < 4.78 is 139. The van der Waals surface area contributed by atoms with Crippen molar-refractivity contribution < 1.29 is 46.8 Å². The molecule has 0 bridgehead atoms. The van der Waals surface area contributed by atoms with E-state index in [4.69, 9.17) is 46.4 Å². The van der Waals surface area contributed by atoms with Crippen LogP contribution in [0.2, 0.25) is 20.1 Å². The first-order valence-corrected chi connectivity index (χ1v) is 45.4. The molecule has 2 fully saturated rings. The SMILES string of the molecule is Cc1ccc(-c2ccc(-c3ccc(C)cc3)c(F)c2F)cc1.Cc1ccc(-c2ccc(C)c(Cl)c2F)cc1.Cc1ccc(-c2ccc(C)c(F)c2Cl)cc1.Cc1ccc(-c2ccc(C)c(F)c2F)cc1.Cc1ccc(-c2ccc(C)c(F)c2F)cc1.Cc1ccc(-c2ccc(C3CCC(C)CC3)cc2)c(F)c1Cl.Cc1ccc(-c2ccc(C3CCC(C)CC3)cc2)c(F)c1Cl.[HH].[HH]. The molecule has 0 radical (unpaired) electrons. The standard InChI is InChI=1S/2C20H22ClF.C20H16F2.2C14H12ClF.2C14H12F2.2H2/c2*1-13-3-6-15(7-4-13)16-8-10-17(11-9-16)18-12-5-14(2)19(21)20(18)22;1-13-3-7-15(8-4-13)17-11-12-18(20(22)19(17)21)16-9-5-14(2)6-10-16;1-9-3-6-11(7-4-9)12-8-5-10(2)14(16)13(12)15;3*1-9-3-6-11(7-4-9)12-8-5-10(2)13(15)14(12)16;;/h2*5,8-13,15H,3-4,6-7H2,1-2H3;3-12H,1-2H3;4*3-8H,1-2H3;2*1H. The summed E-state index contributed by atoms with van der Waals surface area (Å²) in [6.45, 7) is 26.8. The van der Waals surface area contributed by atoms with Crippen molar-refractivity contribution in [1.29, 1.82) is 0 Å². The first kappa shape index (κ1) is 99.3. The second-order valence-corrected chi connectivity index (χ2v) is 36.0. The van der Waals surface area contributed by atoms with Crippen LogP contribution in [0.1, 0.15) is 158 Å². The Kier molecular flexibility index (Phi) is 35.2. The van der Waals surface area contributed by atoms with Crippen LogP contribution in [0.3, 0.4) is 0 Å². The molecule has 0 unspecified atom stereocenters. The maximum atomic E-state index is 14.4. The fourth-order valence-electron chi connectivity index (χ4n) is 15.7. The molecule has 0 saturated heterocycles. The van der Waals surface area contributed by atoms with Gasteiger partial charge in [-0.1, -0.05) is 398 Å². The quantitative estimate of drug-likeness (QED) is 0.120. The van der Waals surface area contributed by atoms with Crippen LogP contribution in [0.25, 0.3) is 89.0 Å². The molecule has 0 spiro atoms. The molecule has 0 nitrogen and oxygen atoms in total. The Morgan fingerprint density at radius 3 is 0.577 bits per heavy atom. The molecular formula is C116H112Cl4F10. The number of hydrogen-bond acceptors (Lipinski definition) is 0. The van der Waals surface area contributed by atoms with Crippen LogP contribution in [-0.2, 0) is 0 Å². The van der Waals surface area contributed by atoms with E-state index in [0.29, 0.717) is 78.6 Å². The molecule has 15 aromatic carbocycles. The van der Waals surface area contributed by atoms with Crippen molar-refractivity contribution in [3.8, 4) is 89.0 Å². The monoisotopic (exact) mass is 1830 g/mol. The van der Waals surface area contributed by atoms with Gasteiger partial charge in [-0.15, -0.1) is 0 Å². The van der Waals surface area contributed by atoms with Gasteiger partial charge in [0.2, 0.25) is 0 Å². The largest absolute Gasteiger partial charge is 0.205 e. The molecule has 130 heavy (non-hydrogen) atoms. The third-order valence-corrected chi connectivity index (χ3v) is 26.1. The van der Waals surface area contributed by atoms with Gasteiger partial charge in [-0.25, -0.2) is 43.9 Å². The van der Waals surface area contributed by atoms with Gasteiger partial charge in [0.15, 0.2) is 34.9 Å². The van der Waals surface area contributed by atoms with Gasteiger partial charge in [-0.2, -0.15) is 0 Å². The first-order valence-electron chi connectivity index (χ1n) is 43.8. The summed E-state index contributed by atoms with van der Waals surface area (Å²) in [6.07, 6.45) is 10.3. The van der Waals surface area contributed by atoms with Crippen LogP contribution in [0.5, 0.6) is 0 Å². The molecular weight excluding hydrogens is 1730 g/mol. The summed E-state index contributed by atoms with van der Waals surface area (Å²) in [5.41, 5.74) is 23.0. The van der Waals surface area contributed by atoms with Crippen LogP contribution in [0.15, 0.2) is 279 Å². The lowest BCUT2D eigenvalue weighted by atomic mass is 9.79. The van der Waals surface area contributed by atoms with Crippen molar-refractivity contribution in [2.75, 3.05) is 0 Å². The van der Waals surface area contributed by atoms with E-state index in [2.05, 4.69) is 38.1 Å². The van der Waals surface area contributed by atoms with Crippen molar-refractivity contribution in [2.45, 2.75) is 160 Å². The molecule has 674 valence electrons. The average molecular weight is 1840 g/mol. The zero-order valence-electron chi connectivity index (χ0n) is 75.8. The maximum absolute atomic E-state index is 14.4. The highest BCUT2D eigenvalue weighted by Gasteiger charge is 2.24. The third kappa shape index (κ3) is 25.5. The van der Waals surface area contributed by atoms with Crippen LogP contribution in [-0.4, -0.2) is 0 Å². The molecule has 14 heteroatoms. The number of hydrogen-bond donors (Lipinski definition) is 0. The molecule has 15 aromatic rings. The Morgan fingerprint density at radius 2 is 0.346 bits per heavy atom. The highest BCUT2D eigenvalue weighted by atomic mass is 35.5. The highest BCUT2D eigenvalue weighted by molar-refractivity contribution is 6.34. The summed E-state index contributed by atoms with van der Waals surface area (Å²) in [5, 5.41) is 0.854. The minimum absolute atomic E-state index is 0. The van der Waals surface area contributed by atoms with Crippen LogP contribution < -0.4 is 0 Å². The fourth-order valence-corrected chi connectivity index (χ4v) is 16.5. The van der Waals surface area contributed by atoms with Gasteiger partial charge in [-0.05, 0) is 221 Å². The molecule has 0 N–H and O–H groups in total. The predicted molar refractivity (Wildman–Crippen MR) is 530 cm³/mol. The van der Waals surface area contributed by atoms with E-state index < -0.39 is 34.9 Å². The van der Waals surface area contributed by atoms with Gasteiger partial charge in [-0.3, -0.25) is 0 Å². The van der Waals surface area contributed by atoms with Gasteiger partial charge >= 0.3 is 0 Å². The molecule has 0 amide bonds. The summed E-state index contributed by atoms with van der Waals surface area (Å²) in [4.78, 5) is 0. The summed E-state index contributed by atoms with van der Waals surface area (Å²) in [7, 11) is 0.